The summed E-state index contributed by atoms with van der Waals surface area (Å²) in [6, 6.07) is 0. The lowest BCUT2D eigenvalue weighted by Crippen LogP contribution is -1.72. The first-order valence-electron chi connectivity index (χ1n) is 2.87. The van der Waals surface area contributed by atoms with E-state index in [4.69, 9.17) is 0 Å². The van der Waals surface area contributed by atoms with Gasteiger partial charge in [0.25, 0.3) is 0 Å². The number of H-pyrrole nitrogens is 1. The molecule has 9 heavy (non-hydrogen) atoms. The highest BCUT2D eigenvalue weighted by atomic mass is 16.1. The maximum atomic E-state index is 9.80. The summed E-state index contributed by atoms with van der Waals surface area (Å²) in [6.07, 6.45) is 3.64. The molecule has 0 saturated carbocycles. The molecule has 52 valence electrons. The molecule has 0 aromatic carbocycles. The first kappa shape index (κ1) is 7.88. The monoisotopic (exact) mass is 128 g/mol. The van der Waals surface area contributed by atoms with Crippen LogP contribution in [0, 0.1) is 0 Å². The largest absolute Gasteiger partial charge is 0.342 e. The number of hydrogen-bond donors (Lipinski definition) is 1. The van der Waals surface area contributed by atoms with E-state index in [0.717, 1.165) is 0 Å². The van der Waals surface area contributed by atoms with E-state index in [0.29, 0.717) is 12.0 Å². The quantitative estimate of drug-likeness (QED) is 0.582. The third kappa shape index (κ3) is 2.64. The summed E-state index contributed by atoms with van der Waals surface area (Å²) >= 11 is 0. The lowest BCUT2D eigenvalue weighted by Gasteiger charge is -1.67. The molecule has 0 spiro atoms. The topological polar surface area (TPSA) is 45.8 Å². The van der Waals surface area contributed by atoms with Crippen molar-refractivity contribution in [3.63, 3.8) is 0 Å². The molecule has 1 aromatic rings. The predicted molar refractivity (Wildman–Crippen MR) is 37.4 cm³/mol. The number of imidazole rings is 1. The number of nitrogens with zero attached hydrogens (tertiary/aromatic N) is 1. The Labute approximate surface area is 55.6 Å². The lowest BCUT2D eigenvalue weighted by atomic mass is 10.6. The Balaban J connectivity index is 0. The zero-order valence-electron chi connectivity index (χ0n) is 5.59. The molecule has 3 nitrogen and oxygen atoms in total. The van der Waals surface area contributed by atoms with Crippen molar-refractivity contribution in [3.8, 4) is 0 Å². The smallest absolute Gasteiger partial charge is 0.167 e. The van der Waals surface area contributed by atoms with Gasteiger partial charge in [-0.1, -0.05) is 13.8 Å². The van der Waals surface area contributed by atoms with Gasteiger partial charge in [0.15, 0.2) is 6.29 Å². The first-order chi connectivity index (χ1) is 4.43. The average molecular weight is 128 g/mol. The van der Waals surface area contributed by atoms with Gasteiger partial charge in [-0.3, -0.25) is 4.79 Å². The number of aromatic nitrogens is 2. The fraction of sp³-hybridized carbons (Fsp3) is 0.333. The van der Waals surface area contributed by atoms with E-state index in [-0.39, 0.29) is 1.43 Å². The summed E-state index contributed by atoms with van der Waals surface area (Å²) in [5, 5.41) is 0. The molecule has 1 rings (SSSR count). The molecule has 0 atom stereocenters. The number of aldehydes is 1. The maximum Gasteiger partial charge on any atom is 0.167 e. The second-order valence-corrected chi connectivity index (χ2v) is 1.12. The zero-order valence-corrected chi connectivity index (χ0v) is 5.59. The molecule has 0 amide bonds. The Kier molecular flexibility index (Phi) is 4.40. The van der Waals surface area contributed by atoms with Crippen molar-refractivity contribution >= 4 is 6.29 Å². The van der Waals surface area contributed by atoms with E-state index in [2.05, 4.69) is 9.97 Å². The van der Waals surface area contributed by atoms with E-state index < -0.39 is 0 Å². The first-order valence-corrected chi connectivity index (χ1v) is 2.87. The highest BCUT2D eigenvalue weighted by molar-refractivity contribution is 5.70. The van der Waals surface area contributed by atoms with Crippen molar-refractivity contribution in [1.82, 2.24) is 9.97 Å². The average Bonchev–Trinajstić information content (AvgIpc) is 2.43. The van der Waals surface area contributed by atoms with Crippen LogP contribution >= 0.6 is 0 Å². The van der Waals surface area contributed by atoms with Crippen LogP contribution in [0.25, 0.3) is 0 Å². The number of carbonyl (C=O) groups excluding carboxylic acids is 1. The van der Waals surface area contributed by atoms with E-state index in [1.54, 1.807) is 0 Å². The molecule has 0 aliphatic heterocycles. The minimum atomic E-state index is 0. The van der Waals surface area contributed by atoms with Crippen LogP contribution in [-0.2, 0) is 0 Å². The van der Waals surface area contributed by atoms with Crippen molar-refractivity contribution in [3.05, 3.63) is 18.2 Å². The van der Waals surface area contributed by atoms with Crippen molar-refractivity contribution in [1.29, 1.82) is 0 Å². The third-order valence-electron chi connectivity index (χ3n) is 0.646. The van der Waals surface area contributed by atoms with Crippen LogP contribution in [0.1, 0.15) is 25.8 Å². The minimum absolute atomic E-state index is 0. The van der Waals surface area contributed by atoms with Gasteiger partial charge < -0.3 is 4.98 Å². The summed E-state index contributed by atoms with van der Waals surface area (Å²) in [5.74, 6) is 0. The van der Waals surface area contributed by atoms with Gasteiger partial charge in [-0.15, -0.1) is 0 Å². The van der Waals surface area contributed by atoms with Gasteiger partial charge in [0.05, 0.1) is 18.2 Å². The number of hydrogen-bond acceptors (Lipinski definition) is 2. The Hall–Kier alpha value is -1.12. The van der Waals surface area contributed by atoms with Crippen LogP contribution in [-0.4, -0.2) is 16.3 Å². The highest BCUT2D eigenvalue weighted by Crippen LogP contribution is 1.80. The van der Waals surface area contributed by atoms with Gasteiger partial charge in [0.1, 0.15) is 0 Å². The van der Waals surface area contributed by atoms with Gasteiger partial charge in [0.2, 0.25) is 0 Å². The number of carbonyl (C=O) groups is 1. The standard InChI is InChI=1S/C4H4N2O.C2H6.H2/c7-2-4-1-5-3-6-4;1-2;/h1-3H,(H,5,6);1-2H3;1H. The van der Waals surface area contributed by atoms with Crippen LogP contribution in [0.3, 0.4) is 0 Å². The molecule has 0 aliphatic carbocycles. The fourth-order valence-electron chi connectivity index (χ4n) is 0.331. The maximum absolute atomic E-state index is 9.80. The van der Waals surface area contributed by atoms with Gasteiger partial charge in [-0.05, 0) is 0 Å². The van der Waals surface area contributed by atoms with Gasteiger partial charge in [0, 0.05) is 1.43 Å². The van der Waals surface area contributed by atoms with Gasteiger partial charge in [-0.2, -0.15) is 0 Å². The molecule has 0 unspecified atom stereocenters. The van der Waals surface area contributed by atoms with Crippen molar-refractivity contribution in [2.45, 2.75) is 13.8 Å². The highest BCUT2D eigenvalue weighted by Gasteiger charge is 1.82. The Bertz CT molecular complexity index is 151. The lowest BCUT2D eigenvalue weighted by molar-refractivity contribution is 0.111. The van der Waals surface area contributed by atoms with Gasteiger partial charge in [-0.25, -0.2) is 4.98 Å². The minimum Gasteiger partial charge on any atom is -0.342 e. The molecule has 0 fully saturated rings. The van der Waals surface area contributed by atoms with E-state index in [1.807, 2.05) is 13.8 Å². The Morgan fingerprint density at radius 1 is 1.78 bits per heavy atom. The third-order valence-corrected chi connectivity index (χ3v) is 0.646. The molecule has 0 saturated heterocycles. The second-order valence-electron chi connectivity index (χ2n) is 1.12. The summed E-state index contributed by atoms with van der Waals surface area (Å²) in [6.45, 7) is 4.00. The molecule has 0 aliphatic rings. The van der Waals surface area contributed by atoms with Crippen molar-refractivity contribution in [2.75, 3.05) is 0 Å². The van der Waals surface area contributed by atoms with Gasteiger partial charge >= 0.3 is 0 Å². The fourth-order valence-corrected chi connectivity index (χ4v) is 0.331. The second kappa shape index (κ2) is 5.03. The molecule has 1 heterocycles. The summed E-state index contributed by atoms with van der Waals surface area (Å²) in [7, 11) is 0. The Morgan fingerprint density at radius 2 is 2.44 bits per heavy atom. The summed E-state index contributed by atoms with van der Waals surface area (Å²) in [4.78, 5) is 16.0. The van der Waals surface area contributed by atoms with Crippen LogP contribution in [0.15, 0.2) is 12.5 Å². The van der Waals surface area contributed by atoms with Crippen molar-refractivity contribution in [2.24, 2.45) is 0 Å². The van der Waals surface area contributed by atoms with Crippen LogP contribution in [0.4, 0.5) is 0 Å². The SMILES string of the molecule is CC.O=Cc1cnc[nH]1.[HH]. The molecule has 3 heteroatoms. The number of nitrogens with one attached hydrogen (secondary N) is 1. The van der Waals surface area contributed by atoms with E-state index in [9.17, 15) is 4.79 Å². The summed E-state index contributed by atoms with van der Waals surface area (Å²) < 4.78 is 0. The van der Waals surface area contributed by atoms with Crippen LogP contribution in [0.2, 0.25) is 0 Å². The summed E-state index contributed by atoms with van der Waals surface area (Å²) in [5.41, 5.74) is 0.514. The Morgan fingerprint density at radius 3 is 2.67 bits per heavy atom. The van der Waals surface area contributed by atoms with E-state index >= 15 is 0 Å². The zero-order chi connectivity index (χ0) is 7.11. The van der Waals surface area contributed by atoms with Crippen LogP contribution in [0.5, 0.6) is 0 Å². The molecule has 0 bridgehead atoms. The molecular weight excluding hydrogens is 116 g/mol. The van der Waals surface area contributed by atoms with E-state index in [1.165, 1.54) is 12.5 Å². The molecule has 1 aromatic heterocycles. The van der Waals surface area contributed by atoms with Crippen LogP contribution < -0.4 is 0 Å². The van der Waals surface area contributed by atoms with Crippen molar-refractivity contribution < 1.29 is 6.22 Å². The molecule has 0 radical (unpaired) electrons. The molecular formula is C6H12N2O. The number of aromatic amines is 1. The molecule has 1 N–H and O–H groups in total. The predicted octanol–water partition coefficient (Wildman–Crippen LogP) is 1.49. The number of rotatable bonds is 1. The normalized spacial score (nSPS) is 7.33.